The molecule has 1 aliphatic heterocycles. The molecule has 134 valence electrons. The summed E-state index contributed by atoms with van der Waals surface area (Å²) in [6.45, 7) is 5.96. The van der Waals surface area contributed by atoms with Crippen LogP contribution >= 0.6 is 0 Å². The summed E-state index contributed by atoms with van der Waals surface area (Å²) in [6, 6.07) is 7.73. The maximum absolute atomic E-state index is 13.5. The van der Waals surface area contributed by atoms with Crippen LogP contribution in [-0.4, -0.2) is 22.4 Å². The number of carbonyl (C=O) groups is 3. The summed E-state index contributed by atoms with van der Waals surface area (Å²) in [5, 5.41) is 2.13. The van der Waals surface area contributed by atoms with E-state index in [1.54, 1.807) is 12.1 Å². The molecule has 1 aromatic carbocycles. The van der Waals surface area contributed by atoms with Crippen LogP contribution in [0.15, 0.2) is 48.2 Å². The number of nitrogens with one attached hydrogen (secondary N) is 1. The summed E-state index contributed by atoms with van der Waals surface area (Å²) in [5.41, 5.74) is 0.238. The third-order valence-corrected chi connectivity index (χ3v) is 3.96. The molecule has 2 heterocycles. The number of rotatable bonds is 2. The number of carbonyl (C=O) groups excluding carboxylic acids is 3. The fourth-order valence-corrected chi connectivity index (χ4v) is 2.78. The predicted molar refractivity (Wildman–Crippen MR) is 94.8 cm³/mol. The van der Waals surface area contributed by atoms with Crippen molar-refractivity contribution in [2.45, 2.75) is 26.3 Å². The number of benzene rings is 1. The van der Waals surface area contributed by atoms with Gasteiger partial charge in [-0.15, -0.1) is 0 Å². The SMILES string of the molecule is CC(C)(C)n1cccc1/C=C1\C(=O)NC(=O)N(c2cccc(F)c2)C1=O. The number of nitrogens with zero attached hydrogens (tertiary/aromatic N) is 2. The van der Waals surface area contributed by atoms with Crippen molar-refractivity contribution < 1.29 is 18.8 Å². The van der Waals surface area contributed by atoms with Crippen LogP contribution in [0.5, 0.6) is 0 Å². The fraction of sp³-hybridized carbons (Fsp3) is 0.211. The number of urea groups is 1. The van der Waals surface area contributed by atoms with Crippen LogP contribution in [0.4, 0.5) is 14.9 Å². The van der Waals surface area contributed by atoms with Gasteiger partial charge < -0.3 is 4.57 Å². The predicted octanol–water partition coefficient (Wildman–Crippen LogP) is 3.05. The Morgan fingerprint density at radius 3 is 2.46 bits per heavy atom. The first-order valence-electron chi connectivity index (χ1n) is 8.03. The second kappa shape index (κ2) is 6.25. The van der Waals surface area contributed by atoms with Crippen molar-refractivity contribution in [1.29, 1.82) is 0 Å². The Kier molecular flexibility index (Phi) is 4.23. The van der Waals surface area contributed by atoms with E-state index in [0.29, 0.717) is 5.69 Å². The third kappa shape index (κ3) is 3.15. The summed E-state index contributed by atoms with van der Waals surface area (Å²) in [7, 11) is 0. The van der Waals surface area contributed by atoms with Gasteiger partial charge in [0.15, 0.2) is 0 Å². The summed E-state index contributed by atoms with van der Waals surface area (Å²) in [5.74, 6) is -2.17. The minimum Gasteiger partial charge on any atom is -0.343 e. The number of aromatic nitrogens is 1. The van der Waals surface area contributed by atoms with E-state index in [0.717, 1.165) is 11.0 Å². The van der Waals surface area contributed by atoms with Gasteiger partial charge in [-0.2, -0.15) is 0 Å². The van der Waals surface area contributed by atoms with Gasteiger partial charge in [-0.1, -0.05) is 6.07 Å². The molecule has 4 amide bonds. The smallest absolute Gasteiger partial charge is 0.335 e. The molecule has 1 fully saturated rings. The fourth-order valence-electron chi connectivity index (χ4n) is 2.78. The zero-order chi connectivity index (χ0) is 19.1. The molecule has 7 heteroatoms. The first-order chi connectivity index (χ1) is 12.2. The van der Waals surface area contributed by atoms with Crippen molar-refractivity contribution in [3.05, 3.63) is 59.7 Å². The van der Waals surface area contributed by atoms with Crippen LogP contribution < -0.4 is 10.2 Å². The van der Waals surface area contributed by atoms with E-state index >= 15 is 0 Å². The van der Waals surface area contributed by atoms with E-state index in [2.05, 4.69) is 5.32 Å². The molecular weight excluding hydrogens is 337 g/mol. The minimum absolute atomic E-state index is 0.0529. The second-order valence-corrected chi connectivity index (χ2v) is 6.91. The van der Waals surface area contributed by atoms with Crippen LogP contribution in [0.2, 0.25) is 0 Å². The van der Waals surface area contributed by atoms with Gasteiger partial charge in [0.1, 0.15) is 11.4 Å². The van der Waals surface area contributed by atoms with Crippen molar-refractivity contribution in [1.82, 2.24) is 9.88 Å². The number of halogens is 1. The number of barbiturate groups is 1. The number of imide groups is 2. The van der Waals surface area contributed by atoms with E-state index in [1.807, 2.05) is 31.5 Å². The molecule has 3 rings (SSSR count). The molecule has 2 aromatic rings. The highest BCUT2D eigenvalue weighted by Gasteiger charge is 2.37. The highest BCUT2D eigenvalue weighted by molar-refractivity contribution is 6.39. The molecule has 0 aliphatic carbocycles. The maximum Gasteiger partial charge on any atom is 0.335 e. The van der Waals surface area contributed by atoms with Gasteiger partial charge in [-0.3, -0.25) is 14.9 Å². The van der Waals surface area contributed by atoms with Crippen LogP contribution in [-0.2, 0) is 15.1 Å². The van der Waals surface area contributed by atoms with Gasteiger partial charge in [0, 0.05) is 17.4 Å². The largest absolute Gasteiger partial charge is 0.343 e. The Morgan fingerprint density at radius 1 is 1.08 bits per heavy atom. The maximum atomic E-state index is 13.5. The van der Waals surface area contributed by atoms with Gasteiger partial charge in [-0.25, -0.2) is 14.1 Å². The summed E-state index contributed by atoms with van der Waals surface area (Å²) < 4.78 is 15.4. The van der Waals surface area contributed by atoms with Gasteiger partial charge in [0.2, 0.25) is 0 Å². The molecular formula is C19H18FN3O3. The molecule has 0 bridgehead atoms. The monoisotopic (exact) mass is 355 g/mol. The molecule has 26 heavy (non-hydrogen) atoms. The normalized spacial score (nSPS) is 17.0. The molecule has 0 unspecified atom stereocenters. The summed E-state index contributed by atoms with van der Waals surface area (Å²) >= 11 is 0. The zero-order valence-electron chi connectivity index (χ0n) is 14.6. The Morgan fingerprint density at radius 2 is 1.81 bits per heavy atom. The van der Waals surface area contributed by atoms with Crippen LogP contribution in [0, 0.1) is 5.82 Å². The first-order valence-corrected chi connectivity index (χ1v) is 8.03. The van der Waals surface area contributed by atoms with E-state index in [9.17, 15) is 18.8 Å². The Labute approximate surface area is 149 Å². The Bertz CT molecular complexity index is 938. The summed E-state index contributed by atoms with van der Waals surface area (Å²) in [6.07, 6.45) is 3.27. The average Bonchev–Trinajstić information content (AvgIpc) is 3.00. The highest BCUT2D eigenvalue weighted by Crippen LogP contribution is 2.24. The molecule has 1 saturated heterocycles. The van der Waals surface area contributed by atoms with Crippen molar-refractivity contribution in [3.8, 4) is 0 Å². The van der Waals surface area contributed by atoms with Gasteiger partial charge >= 0.3 is 6.03 Å². The Hall–Kier alpha value is -3.22. The van der Waals surface area contributed by atoms with Gasteiger partial charge in [-0.05, 0) is 57.2 Å². The molecule has 6 nitrogen and oxygen atoms in total. The molecule has 0 radical (unpaired) electrons. The molecule has 0 spiro atoms. The lowest BCUT2D eigenvalue weighted by molar-refractivity contribution is -0.122. The number of amides is 4. The second-order valence-electron chi connectivity index (χ2n) is 6.91. The Balaban J connectivity index is 2.05. The van der Waals surface area contributed by atoms with E-state index in [-0.39, 0.29) is 16.8 Å². The lowest BCUT2D eigenvalue weighted by Crippen LogP contribution is -2.54. The molecule has 1 N–H and O–H groups in total. The topological polar surface area (TPSA) is 71.4 Å². The number of hydrogen-bond acceptors (Lipinski definition) is 3. The van der Waals surface area contributed by atoms with Crippen LogP contribution in [0.1, 0.15) is 26.5 Å². The third-order valence-electron chi connectivity index (χ3n) is 3.96. The highest BCUT2D eigenvalue weighted by atomic mass is 19.1. The van der Waals surface area contributed by atoms with Gasteiger partial charge in [0.25, 0.3) is 11.8 Å². The minimum atomic E-state index is -0.908. The van der Waals surface area contributed by atoms with Crippen molar-refractivity contribution in [3.63, 3.8) is 0 Å². The average molecular weight is 355 g/mol. The lowest BCUT2D eigenvalue weighted by atomic mass is 10.1. The van der Waals surface area contributed by atoms with Gasteiger partial charge in [0.05, 0.1) is 5.69 Å². The molecule has 1 aliphatic rings. The quantitative estimate of drug-likeness (QED) is 0.665. The number of hydrogen-bond donors (Lipinski definition) is 1. The molecule has 0 saturated carbocycles. The molecule has 1 aromatic heterocycles. The van der Waals surface area contributed by atoms with E-state index < -0.39 is 23.7 Å². The van der Waals surface area contributed by atoms with Crippen LogP contribution in [0.25, 0.3) is 6.08 Å². The molecule has 0 atom stereocenters. The summed E-state index contributed by atoms with van der Waals surface area (Å²) in [4.78, 5) is 37.9. The first kappa shape index (κ1) is 17.6. The number of anilines is 1. The standard InChI is InChI=1S/C19H18FN3O3/c1-19(2,3)22-9-5-8-13(22)11-15-16(24)21-18(26)23(17(15)25)14-7-4-6-12(20)10-14/h4-11H,1-3H3,(H,21,24,26)/b15-11+. The lowest BCUT2D eigenvalue weighted by Gasteiger charge is -2.27. The van der Waals surface area contributed by atoms with Crippen molar-refractivity contribution in [2.24, 2.45) is 0 Å². The van der Waals surface area contributed by atoms with E-state index in [1.165, 1.54) is 24.3 Å². The zero-order valence-corrected chi connectivity index (χ0v) is 14.6. The van der Waals surface area contributed by atoms with Crippen molar-refractivity contribution >= 4 is 29.6 Å². The van der Waals surface area contributed by atoms with Crippen molar-refractivity contribution in [2.75, 3.05) is 4.90 Å². The van der Waals surface area contributed by atoms with Crippen LogP contribution in [0.3, 0.4) is 0 Å². The van der Waals surface area contributed by atoms with E-state index in [4.69, 9.17) is 0 Å².